The summed E-state index contributed by atoms with van der Waals surface area (Å²) in [5.41, 5.74) is 5.81. The molecule has 9 nitrogen and oxygen atoms in total. The summed E-state index contributed by atoms with van der Waals surface area (Å²) in [5.74, 6) is 4.49. The third kappa shape index (κ3) is 3.35. The molecule has 0 bridgehead atoms. The third-order valence-electron chi connectivity index (χ3n) is 6.16. The summed E-state index contributed by atoms with van der Waals surface area (Å²) < 4.78 is 13.1. The van der Waals surface area contributed by atoms with Crippen LogP contribution in [0.25, 0.3) is 22.0 Å². The van der Waals surface area contributed by atoms with Crippen molar-refractivity contribution in [3.05, 3.63) is 40.9 Å². The van der Waals surface area contributed by atoms with Crippen molar-refractivity contribution in [3.63, 3.8) is 0 Å². The van der Waals surface area contributed by atoms with Gasteiger partial charge in [-0.1, -0.05) is 19.0 Å². The number of nitrogens with one attached hydrogen (secondary N) is 3. The number of hydrogen-bond acceptors (Lipinski definition) is 7. The lowest BCUT2D eigenvalue weighted by atomic mass is 10.00. The molecule has 172 valence electrons. The summed E-state index contributed by atoms with van der Waals surface area (Å²) in [6.07, 6.45) is 1.82. The van der Waals surface area contributed by atoms with Gasteiger partial charge in [-0.25, -0.2) is 4.99 Å². The Morgan fingerprint density at radius 1 is 1.21 bits per heavy atom. The van der Waals surface area contributed by atoms with E-state index in [1.165, 1.54) is 0 Å². The van der Waals surface area contributed by atoms with Gasteiger partial charge in [0.2, 0.25) is 0 Å². The van der Waals surface area contributed by atoms with Crippen LogP contribution in [0.1, 0.15) is 49.3 Å². The number of rotatable bonds is 4. The van der Waals surface area contributed by atoms with E-state index >= 15 is 0 Å². The van der Waals surface area contributed by atoms with Crippen molar-refractivity contribution >= 4 is 28.4 Å². The van der Waals surface area contributed by atoms with Crippen LogP contribution in [0.5, 0.6) is 5.75 Å². The minimum absolute atomic E-state index is 0.0901. The molecule has 3 aromatic heterocycles. The lowest BCUT2D eigenvalue weighted by molar-refractivity contribution is 0.393. The summed E-state index contributed by atoms with van der Waals surface area (Å²) in [7, 11) is 3.62. The molecule has 3 N–H and O–H groups in total. The maximum Gasteiger partial charge on any atom is 0.141 e. The Labute approximate surface area is 192 Å². The first-order valence-electron chi connectivity index (χ1n) is 11.1. The number of aromatic nitrogens is 4. The van der Waals surface area contributed by atoms with Gasteiger partial charge in [0.1, 0.15) is 35.1 Å². The van der Waals surface area contributed by atoms with Crippen LogP contribution in [0, 0.1) is 13.8 Å². The number of benzene rings is 1. The van der Waals surface area contributed by atoms with Crippen molar-refractivity contribution in [1.29, 1.82) is 0 Å². The summed E-state index contributed by atoms with van der Waals surface area (Å²) in [6, 6.07) is 4.14. The van der Waals surface area contributed by atoms with Gasteiger partial charge < -0.3 is 24.9 Å². The van der Waals surface area contributed by atoms with Crippen molar-refractivity contribution in [1.82, 2.24) is 19.9 Å². The summed E-state index contributed by atoms with van der Waals surface area (Å²) in [5, 5.41) is 16.6. The molecule has 1 unspecified atom stereocenters. The van der Waals surface area contributed by atoms with Crippen molar-refractivity contribution in [3.8, 4) is 16.9 Å². The zero-order chi connectivity index (χ0) is 23.4. The molecular weight excluding hydrogens is 418 g/mol. The quantitative estimate of drug-likeness (QED) is 0.409. The zero-order valence-corrected chi connectivity index (χ0v) is 20.0. The van der Waals surface area contributed by atoms with Gasteiger partial charge >= 0.3 is 0 Å². The maximum atomic E-state index is 5.80. The van der Waals surface area contributed by atoms with E-state index in [-0.39, 0.29) is 6.17 Å². The molecule has 33 heavy (non-hydrogen) atoms. The predicted molar refractivity (Wildman–Crippen MR) is 130 cm³/mol. The molecule has 0 fully saturated rings. The first kappa shape index (κ1) is 21.1. The van der Waals surface area contributed by atoms with Gasteiger partial charge in [-0.05, 0) is 38.8 Å². The summed E-state index contributed by atoms with van der Waals surface area (Å²) in [4.78, 5) is 8.43. The van der Waals surface area contributed by atoms with E-state index < -0.39 is 0 Å². The number of hydrogen-bond donors (Lipinski definition) is 3. The second kappa shape index (κ2) is 7.68. The fourth-order valence-electron chi connectivity index (χ4n) is 4.54. The first-order chi connectivity index (χ1) is 15.8. The topological polar surface area (TPSA) is 105 Å². The van der Waals surface area contributed by atoms with Gasteiger partial charge in [-0.15, -0.1) is 0 Å². The summed E-state index contributed by atoms with van der Waals surface area (Å²) >= 11 is 0. The molecule has 0 saturated heterocycles. The van der Waals surface area contributed by atoms with E-state index in [2.05, 4.69) is 45.8 Å². The molecule has 0 radical (unpaired) electrons. The van der Waals surface area contributed by atoms with E-state index in [9.17, 15) is 0 Å². The van der Waals surface area contributed by atoms with Crippen LogP contribution in [0.4, 0.5) is 11.6 Å². The molecule has 0 saturated carbocycles. The monoisotopic (exact) mass is 447 g/mol. The molecule has 0 amide bonds. The number of H-pyrrole nitrogens is 1. The standard InChI is InChI=1S/C24H29N7O2/c1-11(2)17-10-25-31(6)24(17)29-23-21-15-9-19(32-7)16(20-12(3)30-33-13(20)4)8-18(15)28-22(21)26-14(5)27-23/h8-11,14,26,28H,1-7H3,(H,27,29). The number of amidine groups is 1. The average Bonchev–Trinajstić information content (AvgIpc) is 3.41. The minimum atomic E-state index is -0.0901. The number of nitrogens with zero attached hydrogens (tertiary/aromatic N) is 4. The molecule has 1 atom stereocenters. The van der Waals surface area contributed by atoms with Gasteiger partial charge in [0.25, 0.3) is 0 Å². The first-order valence-corrected chi connectivity index (χ1v) is 11.1. The minimum Gasteiger partial charge on any atom is -0.496 e. The van der Waals surface area contributed by atoms with Crippen LogP contribution in [-0.4, -0.2) is 39.0 Å². The Hall–Kier alpha value is -3.75. The predicted octanol–water partition coefficient (Wildman–Crippen LogP) is 4.94. The number of aryl methyl sites for hydroxylation is 3. The van der Waals surface area contributed by atoms with Gasteiger partial charge in [0.15, 0.2) is 0 Å². The fourth-order valence-corrected chi connectivity index (χ4v) is 4.54. The molecule has 0 aliphatic carbocycles. The van der Waals surface area contributed by atoms with Gasteiger partial charge in [0, 0.05) is 29.1 Å². The number of aliphatic imine (C=N–C) groups is 1. The zero-order valence-electron chi connectivity index (χ0n) is 20.0. The van der Waals surface area contributed by atoms with E-state index in [0.717, 1.165) is 67.8 Å². The summed E-state index contributed by atoms with van der Waals surface area (Å²) in [6.45, 7) is 10.2. The number of fused-ring (bicyclic) bond motifs is 3. The highest BCUT2D eigenvalue weighted by Crippen LogP contribution is 2.41. The number of methoxy groups -OCH3 is 1. The van der Waals surface area contributed by atoms with Crippen LogP contribution in [0.3, 0.4) is 0 Å². The van der Waals surface area contributed by atoms with Crippen LogP contribution in [0.2, 0.25) is 0 Å². The average molecular weight is 448 g/mol. The molecule has 0 spiro atoms. The third-order valence-corrected chi connectivity index (χ3v) is 6.16. The van der Waals surface area contributed by atoms with Crippen LogP contribution in [-0.2, 0) is 7.05 Å². The Morgan fingerprint density at radius 3 is 2.67 bits per heavy atom. The van der Waals surface area contributed by atoms with E-state index in [0.29, 0.717) is 5.92 Å². The lowest BCUT2D eigenvalue weighted by Crippen LogP contribution is -2.28. The second-order valence-electron chi connectivity index (χ2n) is 8.82. The highest BCUT2D eigenvalue weighted by molar-refractivity contribution is 6.20. The Morgan fingerprint density at radius 2 is 2.00 bits per heavy atom. The largest absolute Gasteiger partial charge is 0.496 e. The van der Waals surface area contributed by atoms with E-state index in [1.807, 2.05) is 44.8 Å². The molecular formula is C24H29N7O2. The Balaban J connectivity index is 1.68. The van der Waals surface area contributed by atoms with Crippen LogP contribution in [0.15, 0.2) is 27.8 Å². The molecule has 5 rings (SSSR count). The normalized spacial score (nSPS) is 15.5. The molecule has 1 aliphatic heterocycles. The number of aromatic amines is 1. The molecule has 4 aromatic rings. The molecule has 1 aromatic carbocycles. The highest BCUT2D eigenvalue weighted by atomic mass is 16.5. The Kier molecular flexibility index (Phi) is 4.92. The van der Waals surface area contributed by atoms with Crippen molar-refractivity contribution in [2.45, 2.75) is 46.7 Å². The highest BCUT2D eigenvalue weighted by Gasteiger charge is 2.27. The number of anilines is 2. The second-order valence-corrected chi connectivity index (χ2v) is 8.82. The van der Waals surface area contributed by atoms with E-state index in [1.54, 1.807) is 7.11 Å². The maximum absolute atomic E-state index is 5.80. The SMILES string of the molecule is COc1cc2c3c([nH]c2cc1-c1c(C)noc1C)NC(C)N=C3Nc1c(C(C)C)cnn1C. The van der Waals surface area contributed by atoms with Gasteiger partial charge in [-0.2, -0.15) is 5.10 Å². The Bertz CT molecular complexity index is 1370. The van der Waals surface area contributed by atoms with E-state index in [4.69, 9.17) is 14.3 Å². The van der Waals surface area contributed by atoms with Crippen molar-refractivity contribution in [2.24, 2.45) is 12.0 Å². The lowest BCUT2D eigenvalue weighted by Gasteiger charge is -2.22. The van der Waals surface area contributed by atoms with Crippen molar-refractivity contribution < 1.29 is 9.26 Å². The molecule has 4 heterocycles. The van der Waals surface area contributed by atoms with Crippen LogP contribution >= 0.6 is 0 Å². The van der Waals surface area contributed by atoms with Crippen LogP contribution < -0.4 is 15.4 Å². The number of ether oxygens (including phenoxy) is 1. The van der Waals surface area contributed by atoms with Gasteiger partial charge in [0.05, 0.1) is 30.1 Å². The smallest absolute Gasteiger partial charge is 0.141 e. The fraction of sp³-hybridized carbons (Fsp3) is 0.375. The molecule has 9 heteroatoms. The van der Waals surface area contributed by atoms with Gasteiger partial charge in [-0.3, -0.25) is 4.68 Å². The molecule has 1 aliphatic rings. The van der Waals surface area contributed by atoms with Crippen molar-refractivity contribution in [2.75, 3.05) is 17.7 Å².